The largest absolute Gasteiger partial charge is 0.339 e. The van der Waals surface area contributed by atoms with Gasteiger partial charge in [-0.2, -0.15) is 0 Å². The number of nitro groups is 1. The molecular weight excluding hydrogens is 312 g/mol. The lowest BCUT2D eigenvalue weighted by Gasteiger charge is -2.20. The quantitative estimate of drug-likeness (QED) is 0.618. The Morgan fingerprint density at radius 1 is 1.21 bits per heavy atom. The minimum absolute atomic E-state index is 0.0688. The SMILES string of the molecule is O=C(c1cccc([N+](=O)[O-])c1Br)N1CCCCCC1. The molecule has 0 aromatic heterocycles. The fourth-order valence-electron chi connectivity index (χ4n) is 2.27. The fraction of sp³-hybridized carbons (Fsp3) is 0.462. The van der Waals surface area contributed by atoms with Gasteiger partial charge in [-0.05, 0) is 34.8 Å². The zero-order valence-electron chi connectivity index (χ0n) is 10.5. The summed E-state index contributed by atoms with van der Waals surface area (Å²) in [6.07, 6.45) is 4.27. The smallest absolute Gasteiger partial charge is 0.284 e. The van der Waals surface area contributed by atoms with E-state index in [1.807, 2.05) is 0 Å². The summed E-state index contributed by atoms with van der Waals surface area (Å²) in [5, 5.41) is 10.9. The molecule has 0 N–H and O–H groups in total. The molecule has 1 aliphatic heterocycles. The van der Waals surface area contributed by atoms with E-state index in [2.05, 4.69) is 15.9 Å². The maximum Gasteiger partial charge on any atom is 0.284 e. The van der Waals surface area contributed by atoms with Crippen LogP contribution in [0.2, 0.25) is 0 Å². The third kappa shape index (κ3) is 3.12. The molecule has 5 nitrogen and oxygen atoms in total. The van der Waals surface area contributed by atoms with Crippen molar-refractivity contribution in [2.24, 2.45) is 0 Å². The number of carbonyl (C=O) groups excluding carboxylic acids is 1. The molecule has 0 spiro atoms. The van der Waals surface area contributed by atoms with Crippen LogP contribution >= 0.6 is 15.9 Å². The molecule has 1 aliphatic rings. The van der Waals surface area contributed by atoms with E-state index in [0.29, 0.717) is 5.56 Å². The van der Waals surface area contributed by atoms with Gasteiger partial charge in [-0.15, -0.1) is 0 Å². The van der Waals surface area contributed by atoms with E-state index in [1.165, 1.54) is 6.07 Å². The highest BCUT2D eigenvalue weighted by atomic mass is 79.9. The van der Waals surface area contributed by atoms with E-state index in [4.69, 9.17) is 0 Å². The van der Waals surface area contributed by atoms with Gasteiger partial charge in [-0.3, -0.25) is 14.9 Å². The van der Waals surface area contributed by atoms with E-state index in [0.717, 1.165) is 38.8 Å². The highest BCUT2D eigenvalue weighted by Crippen LogP contribution is 2.29. The van der Waals surface area contributed by atoms with Crippen molar-refractivity contribution in [3.05, 3.63) is 38.3 Å². The molecule has 102 valence electrons. The molecule has 1 fully saturated rings. The van der Waals surface area contributed by atoms with E-state index < -0.39 is 4.92 Å². The van der Waals surface area contributed by atoms with Crippen LogP contribution in [0, 0.1) is 10.1 Å². The van der Waals surface area contributed by atoms with Crippen molar-refractivity contribution in [1.82, 2.24) is 4.90 Å². The molecule has 0 unspecified atom stereocenters. The third-order valence-corrected chi connectivity index (χ3v) is 4.13. The van der Waals surface area contributed by atoms with Gasteiger partial charge in [0, 0.05) is 19.2 Å². The first kappa shape index (κ1) is 14.0. The Labute approximate surface area is 119 Å². The number of rotatable bonds is 2. The molecular formula is C13H15BrN2O3. The molecule has 1 aromatic carbocycles. The lowest BCUT2D eigenvalue weighted by atomic mass is 10.1. The van der Waals surface area contributed by atoms with E-state index in [-0.39, 0.29) is 16.1 Å². The number of hydrogen-bond donors (Lipinski definition) is 0. The second kappa shape index (κ2) is 6.14. The van der Waals surface area contributed by atoms with Gasteiger partial charge in [0.05, 0.1) is 10.5 Å². The number of halogens is 1. The van der Waals surface area contributed by atoms with Gasteiger partial charge in [0.2, 0.25) is 0 Å². The van der Waals surface area contributed by atoms with Crippen LogP contribution < -0.4 is 0 Å². The normalized spacial score (nSPS) is 15.9. The van der Waals surface area contributed by atoms with Gasteiger partial charge in [-0.25, -0.2) is 0 Å². The Hall–Kier alpha value is -1.43. The summed E-state index contributed by atoms with van der Waals surface area (Å²) in [5.74, 6) is -0.127. The van der Waals surface area contributed by atoms with Gasteiger partial charge in [0.1, 0.15) is 4.47 Å². The molecule has 0 bridgehead atoms. The van der Waals surface area contributed by atoms with Crippen LogP contribution in [-0.2, 0) is 0 Å². The second-order valence-electron chi connectivity index (χ2n) is 4.60. The number of carbonyl (C=O) groups is 1. The maximum absolute atomic E-state index is 12.4. The van der Waals surface area contributed by atoms with Crippen molar-refractivity contribution in [3.63, 3.8) is 0 Å². The summed E-state index contributed by atoms with van der Waals surface area (Å²) in [6, 6.07) is 4.57. The molecule has 0 radical (unpaired) electrons. The Kier molecular flexibility index (Phi) is 4.52. The predicted octanol–water partition coefficient (Wildman–Crippen LogP) is 3.37. The van der Waals surface area contributed by atoms with Crippen molar-refractivity contribution in [1.29, 1.82) is 0 Å². The van der Waals surface area contributed by atoms with Gasteiger partial charge in [0.25, 0.3) is 11.6 Å². The van der Waals surface area contributed by atoms with Gasteiger partial charge < -0.3 is 4.90 Å². The number of nitro benzene ring substituents is 1. The van der Waals surface area contributed by atoms with Gasteiger partial charge in [0.15, 0.2) is 0 Å². The van der Waals surface area contributed by atoms with Crippen LogP contribution in [0.5, 0.6) is 0 Å². The Morgan fingerprint density at radius 2 is 1.84 bits per heavy atom. The fourth-order valence-corrected chi connectivity index (χ4v) is 2.85. The number of nitrogens with zero attached hydrogens (tertiary/aromatic N) is 2. The average molecular weight is 327 g/mol. The summed E-state index contributed by atoms with van der Waals surface area (Å²) in [6.45, 7) is 1.46. The van der Waals surface area contributed by atoms with Crippen LogP contribution in [0.3, 0.4) is 0 Å². The molecule has 6 heteroatoms. The van der Waals surface area contributed by atoms with Crippen molar-refractivity contribution in [2.45, 2.75) is 25.7 Å². The topological polar surface area (TPSA) is 63.4 Å². The van der Waals surface area contributed by atoms with Crippen LogP contribution in [0.4, 0.5) is 5.69 Å². The Morgan fingerprint density at radius 3 is 2.42 bits per heavy atom. The van der Waals surface area contributed by atoms with Crippen LogP contribution in [0.25, 0.3) is 0 Å². The monoisotopic (exact) mass is 326 g/mol. The van der Waals surface area contributed by atoms with Gasteiger partial charge >= 0.3 is 0 Å². The van der Waals surface area contributed by atoms with Crippen LogP contribution in [0.1, 0.15) is 36.0 Å². The predicted molar refractivity (Wildman–Crippen MR) is 75.2 cm³/mol. The van der Waals surface area contributed by atoms with Crippen molar-refractivity contribution in [3.8, 4) is 0 Å². The number of likely N-dealkylation sites (tertiary alicyclic amines) is 1. The molecule has 0 aliphatic carbocycles. The zero-order valence-corrected chi connectivity index (χ0v) is 12.1. The molecule has 19 heavy (non-hydrogen) atoms. The average Bonchev–Trinajstić information content (AvgIpc) is 2.66. The van der Waals surface area contributed by atoms with E-state index in [1.54, 1.807) is 17.0 Å². The molecule has 2 rings (SSSR count). The number of amides is 1. The summed E-state index contributed by atoms with van der Waals surface area (Å²) in [5.41, 5.74) is 0.303. The van der Waals surface area contributed by atoms with Crippen molar-refractivity contribution in [2.75, 3.05) is 13.1 Å². The Bertz CT molecular complexity index is 497. The number of hydrogen-bond acceptors (Lipinski definition) is 3. The lowest BCUT2D eigenvalue weighted by molar-refractivity contribution is -0.385. The molecule has 1 heterocycles. The van der Waals surface area contributed by atoms with Gasteiger partial charge in [-0.1, -0.05) is 18.9 Å². The summed E-state index contributed by atoms with van der Waals surface area (Å²) >= 11 is 3.18. The van der Waals surface area contributed by atoms with Crippen molar-refractivity contribution < 1.29 is 9.72 Å². The van der Waals surface area contributed by atoms with Crippen LogP contribution in [0.15, 0.2) is 22.7 Å². The molecule has 0 saturated carbocycles. The first-order valence-electron chi connectivity index (χ1n) is 6.33. The maximum atomic E-state index is 12.4. The first-order valence-corrected chi connectivity index (χ1v) is 7.12. The van der Waals surface area contributed by atoms with E-state index >= 15 is 0 Å². The Balaban J connectivity index is 2.28. The van der Waals surface area contributed by atoms with Crippen molar-refractivity contribution >= 4 is 27.5 Å². The van der Waals surface area contributed by atoms with Crippen LogP contribution in [-0.4, -0.2) is 28.8 Å². The lowest BCUT2D eigenvalue weighted by Crippen LogP contribution is -2.32. The standard InChI is InChI=1S/C13H15BrN2O3/c14-12-10(6-5-7-11(12)16(18)19)13(17)15-8-3-1-2-4-9-15/h5-7H,1-4,8-9H2. The van der Waals surface area contributed by atoms with E-state index in [9.17, 15) is 14.9 Å². The highest BCUT2D eigenvalue weighted by Gasteiger charge is 2.23. The third-order valence-electron chi connectivity index (χ3n) is 3.30. The summed E-state index contributed by atoms with van der Waals surface area (Å²) in [4.78, 5) is 24.6. The summed E-state index contributed by atoms with van der Waals surface area (Å²) in [7, 11) is 0. The second-order valence-corrected chi connectivity index (χ2v) is 5.40. The minimum Gasteiger partial charge on any atom is -0.339 e. The molecule has 1 amide bonds. The molecule has 1 saturated heterocycles. The zero-order chi connectivity index (χ0) is 13.8. The summed E-state index contributed by atoms with van der Waals surface area (Å²) < 4.78 is 0.272. The highest BCUT2D eigenvalue weighted by molar-refractivity contribution is 9.10. The number of benzene rings is 1. The first-order chi connectivity index (χ1) is 9.11. The molecule has 0 atom stereocenters. The molecule has 1 aromatic rings. The minimum atomic E-state index is -0.483.